The van der Waals surface area contributed by atoms with E-state index in [1.54, 1.807) is 19.2 Å². The maximum atomic E-state index is 11.7. The van der Waals surface area contributed by atoms with Crippen molar-refractivity contribution in [3.05, 3.63) is 23.0 Å². The minimum Gasteiger partial charge on any atom is -0.376 e. The van der Waals surface area contributed by atoms with Crippen LogP contribution in [0.5, 0.6) is 0 Å². The Morgan fingerprint density at radius 1 is 1.53 bits per heavy atom. The molecule has 5 nitrogen and oxygen atoms in total. The van der Waals surface area contributed by atoms with Crippen LogP contribution in [0.25, 0.3) is 0 Å². The summed E-state index contributed by atoms with van der Waals surface area (Å²) < 4.78 is 5.41. The summed E-state index contributed by atoms with van der Waals surface area (Å²) in [7, 11) is 1.67. The number of hydrogen-bond donors (Lipinski definition) is 1. The van der Waals surface area contributed by atoms with Gasteiger partial charge < -0.3 is 10.1 Å². The number of ether oxygens (including phenoxy) is 1. The number of aromatic nitrogens is 2. The van der Waals surface area contributed by atoms with Gasteiger partial charge in [0.15, 0.2) is 10.8 Å². The first kappa shape index (κ1) is 12.3. The molecule has 0 unspecified atom stereocenters. The van der Waals surface area contributed by atoms with E-state index in [0.29, 0.717) is 6.54 Å². The molecule has 0 aromatic carbocycles. The lowest BCUT2D eigenvalue weighted by molar-refractivity contribution is -0.0679. The number of halogens is 1. The molecule has 1 amide bonds. The van der Waals surface area contributed by atoms with Crippen LogP contribution in [0.1, 0.15) is 29.8 Å². The Morgan fingerprint density at radius 2 is 2.29 bits per heavy atom. The van der Waals surface area contributed by atoms with E-state index in [1.807, 2.05) is 0 Å². The summed E-state index contributed by atoms with van der Waals surface area (Å²) in [5.41, 5.74) is 0.0789. The van der Waals surface area contributed by atoms with Crippen molar-refractivity contribution in [1.29, 1.82) is 0 Å². The number of carbonyl (C=O) groups excluding carboxylic acids is 1. The second-order valence-electron chi connectivity index (χ2n) is 4.16. The van der Waals surface area contributed by atoms with Crippen molar-refractivity contribution < 1.29 is 9.53 Å². The lowest BCUT2D eigenvalue weighted by atomic mass is 9.80. The van der Waals surface area contributed by atoms with E-state index < -0.39 is 0 Å². The number of amides is 1. The first-order valence-electron chi connectivity index (χ1n) is 5.48. The predicted molar refractivity (Wildman–Crippen MR) is 63.0 cm³/mol. The quantitative estimate of drug-likeness (QED) is 0.884. The smallest absolute Gasteiger partial charge is 0.271 e. The van der Waals surface area contributed by atoms with Gasteiger partial charge in [-0.3, -0.25) is 4.79 Å². The van der Waals surface area contributed by atoms with Crippen molar-refractivity contribution in [3.8, 4) is 0 Å². The van der Waals surface area contributed by atoms with Crippen molar-refractivity contribution in [1.82, 2.24) is 15.5 Å². The molecule has 1 aliphatic rings. The molecule has 1 aromatic heterocycles. The molecule has 6 heteroatoms. The first-order chi connectivity index (χ1) is 8.15. The van der Waals surface area contributed by atoms with Crippen LogP contribution in [0.2, 0.25) is 5.15 Å². The highest BCUT2D eigenvalue weighted by molar-refractivity contribution is 6.29. The summed E-state index contributed by atoms with van der Waals surface area (Å²) in [6.07, 6.45) is 3.11. The third kappa shape index (κ3) is 2.73. The average Bonchev–Trinajstić information content (AvgIpc) is 2.29. The zero-order valence-electron chi connectivity index (χ0n) is 9.57. The van der Waals surface area contributed by atoms with Gasteiger partial charge in [0.2, 0.25) is 0 Å². The zero-order chi connectivity index (χ0) is 12.3. The highest BCUT2D eigenvalue weighted by Crippen LogP contribution is 2.34. The van der Waals surface area contributed by atoms with Gasteiger partial charge in [0.05, 0.1) is 5.60 Å². The Labute approximate surface area is 105 Å². The summed E-state index contributed by atoms with van der Waals surface area (Å²) in [4.78, 5) is 11.7. The van der Waals surface area contributed by atoms with Crippen molar-refractivity contribution in [2.75, 3.05) is 13.7 Å². The van der Waals surface area contributed by atoms with E-state index in [0.717, 1.165) is 19.3 Å². The minimum atomic E-state index is -0.252. The molecule has 1 fully saturated rings. The van der Waals surface area contributed by atoms with Crippen molar-refractivity contribution in [2.45, 2.75) is 24.9 Å². The van der Waals surface area contributed by atoms with Gasteiger partial charge in [-0.2, -0.15) is 0 Å². The molecular formula is C11H14ClN3O2. The second kappa shape index (κ2) is 4.98. The lowest BCUT2D eigenvalue weighted by Gasteiger charge is -2.40. The van der Waals surface area contributed by atoms with Gasteiger partial charge in [0.25, 0.3) is 5.91 Å². The highest BCUT2D eigenvalue weighted by atomic mass is 35.5. The van der Waals surface area contributed by atoms with Gasteiger partial charge in [-0.05, 0) is 31.4 Å². The molecule has 1 aromatic rings. The molecular weight excluding hydrogens is 242 g/mol. The van der Waals surface area contributed by atoms with Crippen LogP contribution in [0.3, 0.4) is 0 Å². The van der Waals surface area contributed by atoms with Crippen LogP contribution < -0.4 is 5.32 Å². The molecule has 1 heterocycles. The Balaban J connectivity index is 1.91. The van der Waals surface area contributed by atoms with Crippen LogP contribution in [-0.2, 0) is 4.74 Å². The molecule has 1 N–H and O–H groups in total. The molecule has 0 radical (unpaired) electrons. The molecule has 0 saturated heterocycles. The summed E-state index contributed by atoms with van der Waals surface area (Å²) in [5.74, 6) is -0.252. The van der Waals surface area contributed by atoms with Gasteiger partial charge in [-0.25, -0.2) is 0 Å². The Hall–Kier alpha value is -1.20. The fraction of sp³-hybridized carbons (Fsp3) is 0.545. The zero-order valence-corrected chi connectivity index (χ0v) is 10.3. The van der Waals surface area contributed by atoms with E-state index in [4.69, 9.17) is 16.3 Å². The fourth-order valence-electron chi connectivity index (χ4n) is 1.79. The van der Waals surface area contributed by atoms with Gasteiger partial charge in [-0.15, -0.1) is 10.2 Å². The van der Waals surface area contributed by atoms with Gasteiger partial charge in [0.1, 0.15) is 0 Å². The number of methoxy groups -OCH3 is 1. The third-order valence-corrected chi connectivity index (χ3v) is 3.34. The van der Waals surface area contributed by atoms with Crippen LogP contribution in [0, 0.1) is 0 Å². The number of nitrogens with one attached hydrogen (secondary N) is 1. The van der Waals surface area contributed by atoms with Crippen molar-refractivity contribution in [2.24, 2.45) is 0 Å². The molecule has 1 saturated carbocycles. The van der Waals surface area contributed by atoms with E-state index in [1.165, 1.54) is 0 Å². The molecule has 0 aliphatic heterocycles. The molecule has 0 atom stereocenters. The van der Waals surface area contributed by atoms with Crippen LogP contribution >= 0.6 is 11.6 Å². The number of hydrogen-bond acceptors (Lipinski definition) is 4. The van der Waals surface area contributed by atoms with Gasteiger partial charge >= 0.3 is 0 Å². The number of rotatable bonds is 4. The largest absolute Gasteiger partial charge is 0.376 e. The minimum absolute atomic E-state index is 0.185. The maximum absolute atomic E-state index is 11.7. The van der Waals surface area contributed by atoms with Gasteiger partial charge in [-0.1, -0.05) is 11.6 Å². The van der Waals surface area contributed by atoms with E-state index in [9.17, 15) is 4.79 Å². The van der Waals surface area contributed by atoms with Crippen molar-refractivity contribution in [3.63, 3.8) is 0 Å². The van der Waals surface area contributed by atoms with Crippen LogP contribution in [0.15, 0.2) is 12.1 Å². The number of nitrogens with zero attached hydrogens (tertiary/aromatic N) is 2. The first-order valence-corrected chi connectivity index (χ1v) is 5.86. The van der Waals surface area contributed by atoms with E-state index in [2.05, 4.69) is 15.5 Å². The van der Waals surface area contributed by atoms with Gasteiger partial charge in [0, 0.05) is 13.7 Å². The summed E-state index contributed by atoms with van der Waals surface area (Å²) in [6.45, 7) is 0.507. The van der Waals surface area contributed by atoms with E-state index in [-0.39, 0.29) is 22.4 Å². The molecule has 92 valence electrons. The number of carbonyl (C=O) groups is 1. The molecule has 1 aliphatic carbocycles. The fourth-order valence-corrected chi connectivity index (χ4v) is 1.89. The monoisotopic (exact) mass is 255 g/mol. The normalized spacial score (nSPS) is 17.3. The Morgan fingerprint density at radius 3 is 2.76 bits per heavy atom. The summed E-state index contributed by atoms with van der Waals surface area (Å²) in [6, 6.07) is 3.09. The highest BCUT2D eigenvalue weighted by Gasteiger charge is 2.37. The maximum Gasteiger partial charge on any atom is 0.271 e. The Bertz CT molecular complexity index is 398. The SMILES string of the molecule is COC1(CNC(=O)c2ccc(Cl)nn2)CCC1. The average molecular weight is 256 g/mol. The lowest BCUT2D eigenvalue weighted by Crippen LogP contribution is -2.49. The summed E-state index contributed by atoms with van der Waals surface area (Å²) in [5, 5.41) is 10.4. The molecule has 2 rings (SSSR count). The second-order valence-corrected chi connectivity index (χ2v) is 4.55. The van der Waals surface area contributed by atoms with Crippen LogP contribution in [0.4, 0.5) is 0 Å². The third-order valence-electron chi connectivity index (χ3n) is 3.13. The topological polar surface area (TPSA) is 64.1 Å². The van der Waals surface area contributed by atoms with Crippen molar-refractivity contribution >= 4 is 17.5 Å². The molecule has 0 bridgehead atoms. The predicted octanol–water partition coefficient (Wildman–Crippen LogP) is 1.43. The van der Waals surface area contributed by atoms with Crippen LogP contribution in [-0.4, -0.2) is 35.4 Å². The Kier molecular flexibility index (Phi) is 3.59. The summed E-state index contributed by atoms with van der Waals surface area (Å²) >= 11 is 5.59. The standard InChI is InChI=1S/C11H14ClN3O2/c1-17-11(5-2-6-11)7-13-10(16)8-3-4-9(12)15-14-8/h3-4H,2,5-7H2,1H3,(H,13,16). The molecule has 17 heavy (non-hydrogen) atoms. The molecule has 0 spiro atoms. The van der Waals surface area contributed by atoms with E-state index >= 15 is 0 Å².